The molecule has 0 amide bonds. The zero-order chi connectivity index (χ0) is 14.6. The minimum absolute atomic E-state index is 0.0811. The summed E-state index contributed by atoms with van der Waals surface area (Å²) in [5, 5.41) is 23.6. The molecule has 1 aliphatic rings. The van der Waals surface area contributed by atoms with E-state index < -0.39 is 4.92 Å². The van der Waals surface area contributed by atoms with Gasteiger partial charge in [0.25, 0.3) is 0 Å². The first-order chi connectivity index (χ1) is 9.60. The second kappa shape index (κ2) is 6.04. The third-order valence-corrected chi connectivity index (χ3v) is 3.88. The number of aliphatic hydroxyl groups excluding tert-OH is 1. The summed E-state index contributed by atoms with van der Waals surface area (Å²) in [4.78, 5) is 14.6. The molecule has 0 radical (unpaired) electrons. The number of anilines is 1. The predicted molar refractivity (Wildman–Crippen MR) is 73.9 cm³/mol. The monoisotopic (exact) mass is 281 g/mol. The molecule has 2 N–H and O–H groups in total. The minimum atomic E-state index is -0.477. The number of ether oxygens (including phenoxy) is 1. The third-order valence-electron chi connectivity index (χ3n) is 3.88. The summed E-state index contributed by atoms with van der Waals surface area (Å²) in [6.45, 7) is 0.558. The van der Waals surface area contributed by atoms with Gasteiger partial charge in [0.2, 0.25) is 11.7 Å². The third kappa shape index (κ3) is 2.98. The standard InChI is InChI=1S/C13H19N3O4/c1-20-11-5-4-10(16(18)19)12(15-11)14-8-13(9-17)6-2-3-7-13/h4-5,17H,2-3,6-9H2,1H3,(H,14,15). The van der Waals surface area contributed by atoms with E-state index in [4.69, 9.17) is 4.74 Å². The van der Waals surface area contributed by atoms with E-state index >= 15 is 0 Å². The van der Waals surface area contributed by atoms with Gasteiger partial charge in [0.1, 0.15) is 0 Å². The van der Waals surface area contributed by atoms with Crippen LogP contribution in [0.1, 0.15) is 25.7 Å². The van der Waals surface area contributed by atoms with E-state index in [2.05, 4.69) is 10.3 Å². The van der Waals surface area contributed by atoms with Crippen molar-refractivity contribution in [3.8, 4) is 5.88 Å². The number of nitrogens with one attached hydrogen (secondary N) is 1. The lowest BCUT2D eigenvalue weighted by atomic mass is 9.87. The van der Waals surface area contributed by atoms with Crippen LogP contribution in [-0.4, -0.2) is 35.3 Å². The maximum Gasteiger partial charge on any atom is 0.311 e. The fraction of sp³-hybridized carbons (Fsp3) is 0.615. The van der Waals surface area contributed by atoms with E-state index in [-0.39, 0.29) is 23.5 Å². The van der Waals surface area contributed by atoms with Gasteiger partial charge in [0.05, 0.1) is 18.6 Å². The van der Waals surface area contributed by atoms with Crippen molar-refractivity contribution in [3.63, 3.8) is 0 Å². The van der Waals surface area contributed by atoms with Gasteiger partial charge >= 0.3 is 5.69 Å². The largest absolute Gasteiger partial charge is 0.481 e. The van der Waals surface area contributed by atoms with E-state index in [0.29, 0.717) is 12.4 Å². The molecule has 7 heteroatoms. The number of aromatic nitrogens is 1. The summed E-state index contributed by atoms with van der Waals surface area (Å²) in [5.41, 5.74) is -0.282. The Morgan fingerprint density at radius 2 is 2.20 bits per heavy atom. The molecule has 0 aromatic carbocycles. The fourth-order valence-electron chi connectivity index (χ4n) is 2.61. The number of nitrogens with zero attached hydrogens (tertiary/aromatic N) is 2. The van der Waals surface area contributed by atoms with Crippen molar-refractivity contribution in [3.05, 3.63) is 22.2 Å². The molecular formula is C13H19N3O4. The van der Waals surface area contributed by atoms with Crippen molar-refractivity contribution in [2.45, 2.75) is 25.7 Å². The van der Waals surface area contributed by atoms with Crippen molar-refractivity contribution in [1.29, 1.82) is 0 Å². The first-order valence-electron chi connectivity index (χ1n) is 6.64. The average Bonchev–Trinajstić information content (AvgIpc) is 2.94. The second-order valence-electron chi connectivity index (χ2n) is 5.20. The van der Waals surface area contributed by atoms with E-state index in [1.165, 1.54) is 19.2 Å². The SMILES string of the molecule is COc1ccc([N+](=O)[O-])c(NCC2(CO)CCCC2)n1. The fourth-order valence-corrected chi connectivity index (χ4v) is 2.61. The molecule has 0 spiro atoms. The number of hydrogen-bond donors (Lipinski definition) is 2. The summed E-state index contributed by atoms with van der Waals surface area (Å²) in [6.07, 6.45) is 4.01. The minimum Gasteiger partial charge on any atom is -0.481 e. The maximum atomic E-state index is 11.0. The molecule has 1 aromatic rings. The van der Waals surface area contributed by atoms with Crippen molar-refractivity contribution >= 4 is 11.5 Å². The summed E-state index contributed by atoms with van der Waals surface area (Å²) < 4.78 is 4.99. The normalized spacial score (nSPS) is 16.9. The zero-order valence-corrected chi connectivity index (χ0v) is 11.5. The average molecular weight is 281 g/mol. The Morgan fingerprint density at radius 1 is 1.50 bits per heavy atom. The van der Waals surface area contributed by atoms with Crippen molar-refractivity contribution in [1.82, 2.24) is 4.98 Å². The lowest BCUT2D eigenvalue weighted by Crippen LogP contribution is -2.31. The van der Waals surface area contributed by atoms with Crippen LogP contribution >= 0.6 is 0 Å². The number of nitro groups is 1. The Hall–Kier alpha value is -1.89. The Kier molecular flexibility index (Phi) is 4.39. The van der Waals surface area contributed by atoms with Gasteiger partial charge in [0, 0.05) is 24.1 Å². The molecule has 0 saturated heterocycles. The van der Waals surface area contributed by atoms with Crippen LogP contribution in [0.15, 0.2) is 12.1 Å². The number of aliphatic hydroxyl groups is 1. The smallest absolute Gasteiger partial charge is 0.311 e. The van der Waals surface area contributed by atoms with Gasteiger partial charge in [-0.15, -0.1) is 0 Å². The number of hydrogen-bond acceptors (Lipinski definition) is 6. The van der Waals surface area contributed by atoms with Crippen LogP contribution in [0, 0.1) is 15.5 Å². The molecule has 1 saturated carbocycles. The number of pyridine rings is 1. The molecule has 1 aromatic heterocycles. The topological polar surface area (TPSA) is 97.5 Å². The van der Waals surface area contributed by atoms with Crippen LogP contribution in [0.3, 0.4) is 0 Å². The molecule has 1 aliphatic carbocycles. The molecule has 110 valence electrons. The van der Waals surface area contributed by atoms with Crippen LogP contribution in [0.25, 0.3) is 0 Å². The first kappa shape index (κ1) is 14.5. The van der Waals surface area contributed by atoms with Gasteiger partial charge in [-0.1, -0.05) is 12.8 Å². The summed E-state index contributed by atoms with van der Waals surface area (Å²) in [7, 11) is 1.46. The molecule has 0 unspecified atom stereocenters. The van der Waals surface area contributed by atoms with Crippen molar-refractivity contribution < 1.29 is 14.8 Å². The molecule has 0 atom stereocenters. The zero-order valence-electron chi connectivity index (χ0n) is 11.5. The van der Waals surface area contributed by atoms with Crippen molar-refractivity contribution in [2.75, 3.05) is 25.6 Å². The Labute approximate surface area is 117 Å². The molecule has 2 rings (SSSR count). The first-order valence-corrected chi connectivity index (χ1v) is 6.64. The highest BCUT2D eigenvalue weighted by molar-refractivity contribution is 5.57. The van der Waals surface area contributed by atoms with E-state index in [1.807, 2.05) is 0 Å². The molecule has 7 nitrogen and oxygen atoms in total. The maximum absolute atomic E-state index is 11.0. The van der Waals surface area contributed by atoms with E-state index in [1.54, 1.807) is 0 Å². The molecule has 0 aliphatic heterocycles. The molecule has 20 heavy (non-hydrogen) atoms. The Morgan fingerprint density at radius 3 is 2.75 bits per heavy atom. The van der Waals surface area contributed by atoms with Gasteiger partial charge in [-0.25, -0.2) is 0 Å². The van der Waals surface area contributed by atoms with Gasteiger partial charge < -0.3 is 15.2 Å². The Balaban J connectivity index is 2.16. The van der Waals surface area contributed by atoms with Crippen LogP contribution in [0.5, 0.6) is 5.88 Å². The number of rotatable bonds is 6. The summed E-state index contributed by atoms with van der Waals surface area (Å²) in [6, 6.07) is 2.83. The number of methoxy groups -OCH3 is 1. The van der Waals surface area contributed by atoms with Crippen LogP contribution in [-0.2, 0) is 0 Å². The van der Waals surface area contributed by atoms with Gasteiger partial charge in [-0.05, 0) is 12.8 Å². The van der Waals surface area contributed by atoms with Gasteiger partial charge in [-0.2, -0.15) is 4.98 Å². The van der Waals surface area contributed by atoms with Gasteiger partial charge in [0.15, 0.2) is 0 Å². The second-order valence-corrected chi connectivity index (χ2v) is 5.20. The lowest BCUT2D eigenvalue weighted by molar-refractivity contribution is -0.384. The van der Waals surface area contributed by atoms with E-state index in [9.17, 15) is 15.2 Å². The Bertz CT molecular complexity index is 487. The highest BCUT2D eigenvalue weighted by atomic mass is 16.6. The highest BCUT2D eigenvalue weighted by Crippen LogP contribution is 2.38. The van der Waals surface area contributed by atoms with Crippen LogP contribution in [0.4, 0.5) is 11.5 Å². The lowest BCUT2D eigenvalue weighted by Gasteiger charge is -2.26. The summed E-state index contributed by atoms with van der Waals surface area (Å²) in [5.74, 6) is 0.511. The van der Waals surface area contributed by atoms with Crippen molar-refractivity contribution in [2.24, 2.45) is 5.41 Å². The quantitative estimate of drug-likeness (QED) is 0.611. The summed E-state index contributed by atoms with van der Waals surface area (Å²) >= 11 is 0. The predicted octanol–water partition coefficient (Wildman–Crippen LogP) is 1.96. The molecule has 1 fully saturated rings. The molecule has 1 heterocycles. The molecule has 0 bridgehead atoms. The molecular weight excluding hydrogens is 262 g/mol. The highest BCUT2D eigenvalue weighted by Gasteiger charge is 2.33. The van der Waals surface area contributed by atoms with Crippen LogP contribution < -0.4 is 10.1 Å². The van der Waals surface area contributed by atoms with Crippen LogP contribution in [0.2, 0.25) is 0 Å². The van der Waals surface area contributed by atoms with Gasteiger partial charge in [-0.3, -0.25) is 10.1 Å². The van der Waals surface area contributed by atoms with E-state index in [0.717, 1.165) is 25.7 Å².